The monoisotopic (exact) mass is 372 g/mol. The van der Waals surface area contributed by atoms with Crippen LogP contribution in [-0.2, 0) is 0 Å². The fourth-order valence-electron chi connectivity index (χ4n) is 3.42. The lowest BCUT2D eigenvalue weighted by Crippen LogP contribution is -2.65. The first-order valence-electron chi connectivity index (χ1n) is 8.22. The normalized spacial score (nSPS) is 11.8. The SMILES string of the molecule is c1cc2c(cn1)sc1c[n+](-[n+]3ccc4c(c3)sc3ccncc34)ccc12. The highest BCUT2D eigenvalue weighted by molar-refractivity contribution is 7.26. The number of thiophene rings is 2. The summed E-state index contributed by atoms with van der Waals surface area (Å²) in [5, 5.41) is 5.02. The molecule has 6 aromatic heterocycles. The van der Waals surface area contributed by atoms with Gasteiger partial charge in [0.2, 0.25) is 12.4 Å². The molecule has 0 bridgehead atoms. The Morgan fingerprint density at radius 1 is 0.577 bits per heavy atom. The van der Waals surface area contributed by atoms with Crippen LogP contribution in [0, 0.1) is 0 Å². The van der Waals surface area contributed by atoms with Crippen molar-refractivity contribution in [3.05, 3.63) is 73.8 Å². The highest BCUT2D eigenvalue weighted by Crippen LogP contribution is 2.32. The van der Waals surface area contributed by atoms with E-state index in [0.717, 1.165) is 0 Å². The van der Waals surface area contributed by atoms with Crippen LogP contribution in [0.3, 0.4) is 0 Å². The summed E-state index contributed by atoms with van der Waals surface area (Å²) in [5.74, 6) is 0. The Balaban J connectivity index is 1.57. The van der Waals surface area contributed by atoms with Crippen LogP contribution in [-0.4, -0.2) is 9.97 Å². The number of hydrogen-bond donors (Lipinski definition) is 0. The first kappa shape index (κ1) is 14.2. The Hall–Kier alpha value is -2.96. The number of fused-ring (bicyclic) bond motifs is 6. The van der Waals surface area contributed by atoms with Gasteiger partial charge in [0.05, 0.1) is 14.1 Å². The van der Waals surface area contributed by atoms with Crippen molar-refractivity contribution in [1.29, 1.82) is 0 Å². The van der Waals surface area contributed by atoms with Crippen molar-refractivity contribution < 1.29 is 9.35 Å². The number of nitrogens with zero attached hydrogens (tertiary/aromatic N) is 4. The Morgan fingerprint density at radius 2 is 1.19 bits per heavy atom. The molecule has 0 amide bonds. The summed E-state index contributed by atoms with van der Waals surface area (Å²) in [6.07, 6.45) is 16.2. The predicted molar refractivity (Wildman–Crippen MR) is 105 cm³/mol. The molecule has 0 fully saturated rings. The number of rotatable bonds is 1. The van der Waals surface area contributed by atoms with Gasteiger partial charge in [-0.3, -0.25) is 9.97 Å². The van der Waals surface area contributed by atoms with Gasteiger partial charge in [0, 0.05) is 63.2 Å². The zero-order valence-corrected chi connectivity index (χ0v) is 15.2. The van der Waals surface area contributed by atoms with E-state index in [4.69, 9.17) is 0 Å². The van der Waals surface area contributed by atoms with Gasteiger partial charge in [-0.2, -0.15) is 0 Å². The molecular formula is C20H12N4S2+2. The second kappa shape index (κ2) is 5.27. The molecule has 6 heterocycles. The Kier molecular flexibility index (Phi) is 2.88. The van der Waals surface area contributed by atoms with Crippen molar-refractivity contribution in [2.75, 3.05) is 0 Å². The van der Waals surface area contributed by atoms with Gasteiger partial charge < -0.3 is 0 Å². The highest BCUT2D eigenvalue weighted by Gasteiger charge is 2.18. The molecule has 6 heteroatoms. The third-order valence-corrected chi connectivity index (χ3v) is 6.88. The van der Waals surface area contributed by atoms with Gasteiger partial charge >= 0.3 is 0 Å². The van der Waals surface area contributed by atoms with Crippen LogP contribution in [0.15, 0.2) is 73.8 Å². The van der Waals surface area contributed by atoms with Crippen LogP contribution in [0.1, 0.15) is 0 Å². The zero-order chi connectivity index (χ0) is 17.1. The van der Waals surface area contributed by atoms with Crippen LogP contribution in [0.2, 0.25) is 0 Å². The fraction of sp³-hybridized carbons (Fsp3) is 0. The van der Waals surface area contributed by atoms with Gasteiger partial charge in [0.25, 0.3) is 12.4 Å². The molecule has 0 aliphatic heterocycles. The molecule has 0 atom stereocenters. The van der Waals surface area contributed by atoms with E-state index in [1.807, 2.05) is 24.8 Å². The van der Waals surface area contributed by atoms with Gasteiger partial charge in [-0.25, -0.2) is 0 Å². The van der Waals surface area contributed by atoms with E-state index in [-0.39, 0.29) is 0 Å². The summed E-state index contributed by atoms with van der Waals surface area (Å²) in [6, 6.07) is 8.51. The molecule has 0 saturated heterocycles. The van der Waals surface area contributed by atoms with Gasteiger partial charge in [-0.1, -0.05) is 0 Å². The van der Waals surface area contributed by atoms with Crippen molar-refractivity contribution in [2.45, 2.75) is 0 Å². The fourth-order valence-corrected chi connectivity index (χ4v) is 5.59. The second-order valence-electron chi connectivity index (χ2n) is 6.15. The van der Waals surface area contributed by atoms with Crippen LogP contribution in [0.5, 0.6) is 0 Å². The third-order valence-electron chi connectivity index (χ3n) is 4.67. The van der Waals surface area contributed by atoms with Gasteiger partial charge in [0.15, 0.2) is 0 Å². The van der Waals surface area contributed by atoms with Crippen LogP contribution < -0.4 is 9.35 Å². The van der Waals surface area contributed by atoms with E-state index in [2.05, 4.69) is 68.4 Å². The van der Waals surface area contributed by atoms with E-state index in [1.165, 1.54) is 40.3 Å². The lowest BCUT2D eigenvalue weighted by Gasteiger charge is -1.91. The van der Waals surface area contributed by atoms with E-state index >= 15 is 0 Å². The molecule has 26 heavy (non-hydrogen) atoms. The van der Waals surface area contributed by atoms with Crippen molar-refractivity contribution in [3.8, 4) is 0 Å². The molecule has 0 aliphatic rings. The molecule has 0 aliphatic carbocycles. The molecule has 122 valence electrons. The van der Waals surface area contributed by atoms with Crippen LogP contribution >= 0.6 is 22.7 Å². The number of pyridine rings is 4. The summed E-state index contributed by atoms with van der Waals surface area (Å²) >= 11 is 3.57. The summed E-state index contributed by atoms with van der Waals surface area (Å²) in [4.78, 5) is 8.50. The quantitative estimate of drug-likeness (QED) is 0.407. The standard InChI is InChI=1S/C20H12N4S2/c1-5-22-10-18-13(1)14-3-7-23(11-19(14)26-18)24-8-4-15-16-9-21-6-2-17(16)25-20(15)12-24/h1-12H/q+2. The van der Waals surface area contributed by atoms with Gasteiger partial charge in [-0.15, -0.1) is 22.7 Å². The van der Waals surface area contributed by atoms with Crippen LogP contribution in [0.4, 0.5) is 0 Å². The molecule has 0 aromatic carbocycles. The zero-order valence-electron chi connectivity index (χ0n) is 13.5. The van der Waals surface area contributed by atoms with E-state index in [0.29, 0.717) is 0 Å². The van der Waals surface area contributed by atoms with Gasteiger partial charge in [-0.05, 0) is 12.1 Å². The third kappa shape index (κ3) is 2.00. The first-order valence-corrected chi connectivity index (χ1v) is 9.86. The molecule has 0 saturated carbocycles. The Morgan fingerprint density at radius 3 is 2.00 bits per heavy atom. The summed E-state index contributed by atoms with van der Waals surface area (Å²) in [6.45, 7) is 0. The van der Waals surface area contributed by atoms with E-state index in [1.54, 1.807) is 22.7 Å². The largest absolute Gasteiger partial charge is 0.264 e. The maximum atomic E-state index is 4.26. The first-order chi connectivity index (χ1) is 12.9. The molecule has 0 radical (unpaired) electrons. The van der Waals surface area contributed by atoms with Crippen molar-refractivity contribution in [3.63, 3.8) is 0 Å². The summed E-state index contributed by atoms with van der Waals surface area (Å²) in [7, 11) is 0. The highest BCUT2D eigenvalue weighted by atomic mass is 32.1. The molecule has 0 N–H and O–H groups in total. The van der Waals surface area contributed by atoms with E-state index in [9.17, 15) is 0 Å². The lowest BCUT2D eigenvalue weighted by atomic mass is 10.2. The Labute approximate surface area is 156 Å². The average molecular weight is 372 g/mol. The molecule has 4 nitrogen and oxygen atoms in total. The second-order valence-corrected chi connectivity index (χ2v) is 8.32. The summed E-state index contributed by atoms with van der Waals surface area (Å²) in [5.41, 5.74) is 0. The minimum Gasteiger partial charge on any atom is -0.264 e. The smallest absolute Gasteiger partial charge is 0.259 e. The Bertz CT molecular complexity index is 1340. The predicted octanol–water partition coefficient (Wildman–Crippen LogP) is 4.10. The lowest BCUT2D eigenvalue weighted by molar-refractivity contribution is -1.30. The van der Waals surface area contributed by atoms with Crippen LogP contribution in [0.25, 0.3) is 40.3 Å². The minimum atomic E-state index is 1.22. The molecule has 0 unspecified atom stereocenters. The maximum Gasteiger partial charge on any atom is 0.259 e. The van der Waals surface area contributed by atoms with Gasteiger partial charge in [0.1, 0.15) is 9.40 Å². The minimum absolute atomic E-state index is 1.22. The van der Waals surface area contributed by atoms with Crippen molar-refractivity contribution >= 4 is 63.0 Å². The average Bonchev–Trinajstić information content (AvgIpc) is 3.24. The number of aromatic nitrogens is 4. The van der Waals surface area contributed by atoms with Crippen molar-refractivity contribution in [1.82, 2.24) is 9.97 Å². The molecule has 0 spiro atoms. The molecule has 6 rings (SSSR count). The number of hydrogen-bond acceptors (Lipinski definition) is 4. The van der Waals surface area contributed by atoms with E-state index < -0.39 is 0 Å². The molecule has 6 aromatic rings. The molecular weight excluding hydrogens is 360 g/mol. The van der Waals surface area contributed by atoms with Crippen molar-refractivity contribution in [2.24, 2.45) is 0 Å². The maximum absolute atomic E-state index is 4.26. The summed E-state index contributed by atoms with van der Waals surface area (Å²) < 4.78 is 9.23. The topological polar surface area (TPSA) is 33.5 Å².